The Bertz CT molecular complexity index is 484. The molecule has 5 nitrogen and oxygen atoms in total. The van der Waals surface area contributed by atoms with Gasteiger partial charge in [0.15, 0.2) is 6.61 Å². The third-order valence-electron chi connectivity index (χ3n) is 2.98. The molecule has 5 heteroatoms. The number of hydrogen-bond acceptors (Lipinski definition) is 4. The van der Waals surface area contributed by atoms with Crippen molar-refractivity contribution in [2.24, 2.45) is 0 Å². The molecule has 0 aliphatic heterocycles. The lowest BCUT2D eigenvalue weighted by Crippen LogP contribution is -2.36. The van der Waals surface area contributed by atoms with Crippen LogP contribution in [-0.4, -0.2) is 36.5 Å². The maximum Gasteiger partial charge on any atom is 0.338 e. The zero-order valence-electron chi connectivity index (χ0n) is 11.8. The van der Waals surface area contributed by atoms with E-state index in [1.54, 1.807) is 32.2 Å². The first-order valence-corrected chi connectivity index (χ1v) is 6.12. The van der Waals surface area contributed by atoms with E-state index >= 15 is 0 Å². The number of benzene rings is 1. The molecule has 0 aliphatic rings. The highest BCUT2D eigenvalue weighted by Gasteiger charge is 2.16. The number of anilines is 1. The van der Waals surface area contributed by atoms with Crippen LogP contribution >= 0.6 is 0 Å². The van der Waals surface area contributed by atoms with E-state index in [0.29, 0.717) is 11.3 Å². The maximum absolute atomic E-state index is 11.9. The van der Waals surface area contributed by atoms with Crippen LogP contribution in [-0.2, 0) is 9.53 Å². The third-order valence-corrected chi connectivity index (χ3v) is 2.98. The second-order valence-corrected chi connectivity index (χ2v) is 4.75. The quantitative estimate of drug-likeness (QED) is 0.662. The molecule has 0 fully saturated rings. The van der Waals surface area contributed by atoms with E-state index in [1.807, 2.05) is 13.8 Å². The summed E-state index contributed by atoms with van der Waals surface area (Å²) in [6.45, 7) is 5.31. The average Bonchev–Trinajstić information content (AvgIpc) is 2.37. The molecule has 0 saturated heterocycles. The number of nitrogens with two attached hydrogens (primary N) is 1. The normalized spacial score (nSPS) is 10.4. The molecule has 0 saturated carbocycles. The highest BCUT2D eigenvalue weighted by atomic mass is 16.5. The number of carbonyl (C=O) groups excluding carboxylic acids is 2. The van der Waals surface area contributed by atoms with Crippen LogP contribution in [0.1, 0.15) is 29.8 Å². The number of hydrogen-bond donors (Lipinski definition) is 1. The summed E-state index contributed by atoms with van der Waals surface area (Å²) in [5.74, 6) is -0.764. The molecule has 0 atom stereocenters. The fraction of sp³-hybridized carbons (Fsp3) is 0.429. The Morgan fingerprint density at radius 2 is 2.00 bits per heavy atom. The van der Waals surface area contributed by atoms with Crippen LogP contribution < -0.4 is 5.73 Å². The fourth-order valence-electron chi connectivity index (χ4n) is 1.45. The smallest absolute Gasteiger partial charge is 0.338 e. The first kappa shape index (κ1) is 15.0. The molecule has 1 rings (SSSR count). The van der Waals surface area contributed by atoms with Gasteiger partial charge in [0.2, 0.25) is 0 Å². The van der Waals surface area contributed by atoms with Gasteiger partial charge in [-0.05, 0) is 38.5 Å². The van der Waals surface area contributed by atoms with Crippen molar-refractivity contribution < 1.29 is 14.3 Å². The molecule has 0 unspecified atom stereocenters. The molecular formula is C14H20N2O3. The van der Waals surface area contributed by atoms with Gasteiger partial charge in [0, 0.05) is 18.8 Å². The molecular weight excluding hydrogens is 244 g/mol. The minimum atomic E-state index is -0.532. The average molecular weight is 264 g/mol. The van der Waals surface area contributed by atoms with Crippen LogP contribution in [0.4, 0.5) is 5.69 Å². The van der Waals surface area contributed by atoms with Crippen LogP contribution in [0.15, 0.2) is 18.2 Å². The predicted octanol–water partition coefficient (Wildman–Crippen LogP) is 1.60. The summed E-state index contributed by atoms with van der Waals surface area (Å²) in [5.41, 5.74) is 7.27. The summed E-state index contributed by atoms with van der Waals surface area (Å²) in [5, 5.41) is 0. The van der Waals surface area contributed by atoms with E-state index < -0.39 is 5.97 Å². The zero-order valence-corrected chi connectivity index (χ0v) is 11.8. The summed E-state index contributed by atoms with van der Waals surface area (Å²) >= 11 is 0. The molecule has 19 heavy (non-hydrogen) atoms. The lowest BCUT2D eigenvalue weighted by Gasteiger charge is -2.21. The number of rotatable bonds is 4. The summed E-state index contributed by atoms with van der Waals surface area (Å²) < 4.78 is 5.01. The van der Waals surface area contributed by atoms with Gasteiger partial charge in [0.1, 0.15) is 0 Å². The third kappa shape index (κ3) is 3.98. The lowest BCUT2D eigenvalue weighted by molar-refractivity contribution is -0.134. The monoisotopic (exact) mass is 264 g/mol. The van der Waals surface area contributed by atoms with Crippen molar-refractivity contribution >= 4 is 17.6 Å². The number of nitrogens with zero attached hydrogens (tertiary/aromatic N) is 1. The van der Waals surface area contributed by atoms with Crippen molar-refractivity contribution in [3.8, 4) is 0 Å². The van der Waals surface area contributed by atoms with Crippen molar-refractivity contribution in [1.82, 2.24) is 4.90 Å². The van der Waals surface area contributed by atoms with Gasteiger partial charge in [-0.2, -0.15) is 0 Å². The number of likely N-dealkylation sites (N-methyl/N-ethyl adjacent to an activating group) is 1. The molecule has 104 valence electrons. The summed E-state index contributed by atoms with van der Waals surface area (Å²) in [7, 11) is 1.67. The van der Waals surface area contributed by atoms with Gasteiger partial charge in [-0.1, -0.05) is 6.07 Å². The Morgan fingerprint density at radius 3 is 2.58 bits per heavy atom. The van der Waals surface area contributed by atoms with E-state index in [0.717, 1.165) is 5.56 Å². The number of ether oxygens (including phenoxy) is 1. The minimum Gasteiger partial charge on any atom is -0.452 e. The Labute approximate surface area is 113 Å². The van der Waals surface area contributed by atoms with Crippen molar-refractivity contribution in [1.29, 1.82) is 0 Å². The number of amides is 1. The maximum atomic E-state index is 11.9. The predicted molar refractivity (Wildman–Crippen MR) is 73.8 cm³/mol. The standard InChI is InChI=1S/C14H20N2O3/c1-9(2)16(4)13(17)8-19-14(18)12-7-11(15)6-5-10(12)3/h5-7,9H,8,15H2,1-4H3. The summed E-state index contributed by atoms with van der Waals surface area (Å²) in [6, 6.07) is 5.08. The topological polar surface area (TPSA) is 72.6 Å². The van der Waals surface area contributed by atoms with Gasteiger partial charge < -0.3 is 15.4 Å². The molecule has 0 aliphatic carbocycles. The van der Waals surface area contributed by atoms with Crippen molar-refractivity contribution in [3.05, 3.63) is 29.3 Å². The Morgan fingerprint density at radius 1 is 1.37 bits per heavy atom. The van der Waals surface area contributed by atoms with Crippen molar-refractivity contribution in [3.63, 3.8) is 0 Å². The first-order valence-electron chi connectivity index (χ1n) is 6.12. The van der Waals surface area contributed by atoms with Crippen molar-refractivity contribution in [2.45, 2.75) is 26.8 Å². The molecule has 0 radical (unpaired) electrons. The molecule has 0 aromatic heterocycles. The fourth-order valence-corrected chi connectivity index (χ4v) is 1.45. The Balaban J connectivity index is 2.66. The molecule has 0 heterocycles. The number of aryl methyl sites for hydroxylation is 1. The molecule has 1 aromatic rings. The van der Waals surface area contributed by atoms with Gasteiger partial charge in [0.05, 0.1) is 5.56 Å². The van der Waals surface area contributed by atoms with E-state index in [-0.39, 0.29) is 18.6 Å². The van der Waals surface area contributed by atoms with Crippen molar-refractivity contribution in [2.75, 3.05) is 19.4 Å². The highest BCUT2D eigenvalue weighted by molar-refractivity contribution is 5.93. The van der Waals surface area contributed by atoms with E-state index in [9.17, 15) is 9.59 Å². The van der Waals surface area contributed by atoms with Gasteiger partial charge in [-0.15, -0.1) is 0 Å². The van der Waals surface area contributed by atoms with Gasteiger partial charge in [-0.25, -0.2) is 4.79 Å². The van der Waals surface area contributed by atoms with Crippen LogP contribution in [0, 0.1) is 6.92 Å². The van der Waals surface area contributed by atoms with E-state index in [1.165, 1.54) is 4.90 Å². The van der Waals surface area contributed by atoms with Crippen LogP contribution in [0.5, 0.6) is 0 Å². The van der Waals surface area contributed by atoms with Gasteiger partial charge in [0.25, 0.3) is 5.91 Å². The Hall–Kier alpha value is -2.04. The number of nitrogen functional groups attached to an aromatic ring is 1. The molecule has 1 aromatic carbocycles. The zero-order chi connectivity index (χ0) is 14.6. The molecule has 1 amide bonds. The summed E-state index contributed by atoms with van der Waals surface area (Å²) in [4.78, 5) is 25.1. The van der Waals surface area contributed by atoms with Crippen LogP contribution in [0.3, 0.4) is 0 Å². The van der Waals surface area contributed by atoms with Crippen LogP contribution in [0.2, 0.25) is 0 Å². The first-order chi connectivity index (χ1) is 8.82. The number of esters is 1. The van der Waals surface area contributed by atoms with E-state index in [4.69, 9.17) is 10.5 Å². The largest absolute Gasteiger partial charge is 0.452 e. The molecule has 2 N–H and O–H groups in total. The second-order valence-electron chi connectivity index (χ2n) is 4.75. The SMILES string of the molecule is Cc1ccc(N)cc1C(=O)OCC(=O)N(C)C(C)C. The second kappa shape index (κ2) is 6.22. The van der Waals surface area contributed by atoms with Gasteiger partial charge >= 0.3 is 5.97 Å². The van der Waals surface area contributed by atoms with Crippen LogP contribution in [0.25, 0.3) is 0 Å². The molecule has 0 spiro atoms. The Kier molecular flexibility index (Phi) is 4.92. The summed E-state index contributed by atoms with van der Waals surface area (Å²) in [6.07, 6.45) is 0. The van der Waals surface area contributed by atoms with Gasteiger partial charge in [-0.3, -0.25) is 4.79 Å². The lowest BCUT2D eigenvalue weighted by atomic mass is 10.1. The number of carbonyl (C=O) groups is 2. The highest BCUT2D eigenvalue weighted by Crippen LogP contribution is 2.13. The minimum absolute atomic E-state index is 0.0697. The van der Waals surface area contributed by atoms with E-state index in [2.05, 4.69) is 0 Å². The molecule has 0 bridgehead atoms.